The molecule has 2 aromatic rings. The van der Waals surface area contributed by atoms with Crippen molar-refractivity contribution >= 4 is 17.3 Å². The van der Waals surface area contributed by atoms with Crippen molar-refractivity contribution in [1.82, 2.24) is 14.4 Å². The van der Waals surface area contributed by atoms with Crippen molar-refractivity contribution in [2.24, 2.45) is 0 Å². The number of hydrogen-bond acceptors (Lipinski definition) is 5. The van der Waals surface area contributed by atoms with Crippen LogP contribution in [0, 0.1) is 0 Å². The summed E-state index contributed by atoms with van der Waals surface area (Å²) in [7, 11) is 3.85. The Balaban J connectivity index is 2.01. The zero-order valence-electron chi connectivity index (χ0n) is 12.0. The summed E-state index contributed by atoms with van der Waals surface area (Å²) in [5.74, 6) is 1.61. The zero-order valence-corrected chi connectivity index (χ0v) is 12.0. The first-order valence-electron chi connectivity index (χ1n) is 7.13. The number of nitrogens with one attached hydrogen (secondary N) is 1. The van der Waals surface area contributed by atoms with Gasteiger partial charge in [0.1, 0.15) is 5.82 Å². The number of aromatic nitrogens is 3. The average molecular weight is 275 g/mol. The molecule has 0 amide bonds. The summed E-state index contributed by atoms with van der Waals surface area (Å²) in [5.41, 5.74) is 0.823. The summed E-state index contributed by atoms with van der Waals surface area (Å²) >= 11 is 0. The fourth-order valence-corrected chi connectivity index (χ4v) is 2.97. The van der Waals surface area contributed by atoms with Crippen LogP contribution in [0.5, 0.6) is 0 Å². The van der Waals surface area contributed by atoms with Crippen LogP contribution in [0.3, 0.4) is 0 Å². The van der Waals surface area contributed by atoms with Crippen molar-refractivity contribution in [3.05, 3.63) is 18.6 Å². The Hall–Kier alpha value is -1.82. The van der Waals surface area contributed by atoms with E-state index in [1.54, 1.807) is 6.20 Å². The van der Waals surface area contributed by atoms with Gasteiger partial charge in [0, 0.05) is 26.5 Å². The van der Waals surface area contributed by atoms with Crippen LogP contribution in [-0.4, -0.2) is 45.7 Å². The van der Waals surface area contributed by atoms with Gasteiger partial charge in [-0.25, -0.2) is 9.97 Å². The van der Waals surface area contributed by atoms with E-state index in [0.29, 0.717) is 0 Å². The lowest BCUT2D eigenvalue weighted by Crippen LogP contribution is -2.44. The molecule has 20 heavy (non-hydrogen) atoms. The second-order valence-corrected chi connectivity index (χ2v) is 5.39. The summed E-state index contributed by atoms with van der Waals surface area (Å²) in [5, 5.41) is 13.3. The van der Waals surface area contributed by atoms with Crippen LogP contribution in [0.2, 0.25) is 0 Å². The highest BCUT2D eigenvalue weighted by Gasteiger charge is 2.28. The van der Waals surface area contributed by atoms with Gasteiger partial charge in [-0.15, -0.1) is 0 Å². The molecule has 0 aliphatic heterocycles. The molecule has 6 heteroatoms. The van der Waals surface area contributed by atoms with Crippen LogP contribution in [0.15, 0.2) is 18.6 Å². The number of anilines is 2. The van der Waals surface area contributed by atoms with Gasteiger partial charge in [0.05, 0.1) is 18.3 Å². The van der Waals surface area contributed by atoms with E-state index in [-0.39, 0.29) is 12.1 Å². The van der Waals surface area contributed by atoms with Gasteiger partial charge in [-0.2, -0.15) is 0 Å². The smallest absolute Gasteiger partial charge is 0.180 e. The number of fused-ring (bicyclic) bond motifs is 1. The van der Waals surface area contributed by atoms with Gasteiger partial charge in [0.15, 0.2) is 11.5 Å². The van der Waals surface area contributed by atoms with Gasteiger partial charge in [0.2, 0.25) is 0 Å². The minimum absolute atomic E-state index is 0.115. The van der Waals surface area contributed by atoms with E-state index in [1.807, 2.05) is 30.9 Å². The van der Waals surface area contributed by atoms with E-state index < -0.39 is 0 Å². The molecule has 3 rings (SSSR count). The topological polar surface area (TPSA) is 65.7 Å². The standard InChI is InChI=1S/C14H21N5O/c1-15-12-9-19-8-7-16-13(19)14(17-12)18(2)10-5-3-4-6-11(10)20/h7-11,15,20H,3-6H2,1-2H3. The zero-order chi connectivity index (χ0) is 14.1. The molecule has 2 aromatic heterocycles. The van der Waals surface area contributed by atoms with Crippen LogP contribution < -0.4 is 10.2 Å². The van der Waals surface area contributed by atoms with Gasteiger partial charge >= 0.3 is 0 Å². The fourth-order valence-electron chi connectivity index (χ4n) is 2.97. The summed E-state index contributed by atoms with van der Waals surface area (Å²) < 4.78 is 1.96. The number of likely N-dealkylation sites (N-methyl/N-ethyl adjacent to an activating group) is 1. The molecule has 0 spiro atoms. The number of aliphatic hydroxyl groups excluding tert-OH is 1. The Morgan fingerprint density at radius 3 is 2.95 bits per heavy atom. The quantitative estimate of drug-likeness (QED) is 0.889. The molecule has 108 valence electrons. The predicted octanol–water partition coefficient (Wildman–Crippen LogP) is 1.51. The second-order valence-electron chi connectivity index (χ2n) is 5.39. The Kier molecular flexibility index (Phi) is 3.48. The Labute approximate surface area is 118 Å². The van der Waals surface area contributed by atoms with E-state index in [9.17, 15) is 5.11 Å². The molecule has 2 atom stereocenters. The highest BCUT2D eigenvalue weighted by molar-refractivity contribution is 5.67. The number of rotatable bonds is 3. The van der Waals surface area contributed by atoms with Crippen molar-refractivity contribution < 1.29 is 5.11 Å². The largest absolute Gasteiger partial charge is 0.391 e. The highest BCUT2D eigenvalue weighted by Crippen LogP contribution is 2.28. The molecule has 0 saturated heterocycles. The van der Waals surface area contributed by atoms with Gasteiger partial charge in [-0.05, 0) is 12.8 Å². The van der Waals surface area contributed by atoms with Crippen LogP contribution in [-0.2, 0) is 0 Å². The first-order chi connectivity index (χ1) is 9.70. The molecule has 0 bridgehead atoms. The molecule has 6 nitrogen and oxygen atoms in total. The Morgan fingerprint density at radius 1 is 1.40 bits per heavy atom. The molecule has 1 fully saturated rings. The lowest BCUT2D eigenvalue weighted by atomic mass is 9.91. The molecule has 1 aliphatic rings. The van der Waals surface area contributed by atoms with E-state index >= 15 is 0 Å². The molecule has 0 radical (unpaired) electrons. The van der Waals surface area contributed by atoms with E-state index in [4.69, 9.17) is 0 Å². The normalized spacial score (nSPS) is 22.9. The minimum atomic E-state index is -0.288. The van der Waals surface area contributed by atoms with Gasteiger partial charge in [0.25, 0.3) is 0 Å². The maximum absolute atomic E-state index is 10.2. The third kappa shape index (κ3) is 2.20. The number of aliphatic hydroxyl groups is 1. The first-order valence-corrected chi connectivity index (χ1v) is 7.13. The Bertz CT molecular complexity index is 596. The number of hydrogen-bond donors (Lipinski definition) is 2. The molecular weight excluding hydrogens is 254 g/mol. The third-order valence-corrected chi connectivity index (χ3v) is 4.14. The van der Waals surface area contributed by atoms with Crippen molar-refractivity contribution in [3.8, 4) is 0 Å². The summed E-state index contributed by atoms with van der Waals surface area (Å²) in [4.78, 5) is 11.1. The summed E-state index contributed by atoms with van der Waals surface area (Å²) in [6.45, 7) is 0. The van der Waals surface area contributed by atoms with Crippen LogP contribution in [0.4, 0.5) is 11.6 Å². The van der Waals surface area contributed by atoms with Gasteiger partial charge in [-0.1, -0.05) is 12.8 Å². The summed E-state index contributed by atoms with van der Waals surface area (Å²) in [6.07, 6.45) is 9.43. The van der Waals surface area contributed by atoms with E-state index in [1.165, 1.54) is 0 Å². The van der Waals surface area contributed by atoms with E-state index in [0.717, 1.165) is 43.0 Å². The lowest BCUT2D eigenvalue weighted by Gasteiger charge is -2.36. The molecule has 2 unspecified atom stereocenters. The average Bonchev–Trinajstić information content (AvgIpc) is 2.94. The van der Waals surface area contributed by atoms with Crippen molar-refractivity contribution in [3.63, 3.8) is 0 Å². The van der Waals surface area contributed by atoms with Gasteiger partial charge in [-0.3, -0.25) is 0 Å². The SMILES string of the molecule is CNc1cn2ccnc2c(N(C)C2CCCCC2O)n1. The number of imidazole rings is 1. The summed E-state index contributed by atoms with van der Waals surface area (Å²) in [6, 6.07) is 0.115. The van der Waals surface area contributed by atoms with Crippen molar-refractivity contribution in [2.75, 3.05) is 24.3 Å². The highest BCUT2D eigenvalue weighted by atomic mass is 16.3. The van der Waals surface area contributed by atoms with Gasteiger partial charge < -0.3 is 19.7 Å². The van der Waals surface area contributed by atoms with Crippen molar-refractivity contribution in [2.45, 2.75) is 37.8 Å². The van der Waals surface area contributed by atoms with Crippen LogP contribution in [0.1, 0.15) is 25.7 Å². The molecule has 1 aliphatic carbocycles. The van der Waals surface area contributed by atoms with Crippen LogP contribution in [0.25, 0.3) is 5.65 Å². The predicted molar refractivity (Wildman–Crippen MR) is 79.2 cm³/mol. The molecule has 1 saturated carbocycles. The lowest BCUT2D eigenvalue weighted by molar-refractivity contribution is 0.106. The van der Waals surface area contributed by atoms with Crippen LogP contribution >= 0.6 is 0 Å². The first kappa shape index (κ1) is 13.2. The second kappa shape index (κ2) is 5.28. The maximum Gasteiger partial charge on any atom is 0.180 e. The fraction of sp³-hybridized carbons (Fsp3) is 0.571. The van der Waals surface area contributed by atoms with Crippen molar-refractivity contribution in [1.29, 1.82) is 0 Å². The molecule has 2 N–H and O–H groups in total. The van der Waals surface area contributed by atoms with E-state index in [2.05, 4.69) is 20.2 Å². The number of nitrogens with zero attached hydrogens (tertiary/aromatic N) is 4. The minimum Gasteiger partial charge on any atom is -0.391 e. The molecule has 2 heterocycles. The maximum atomic E-state index is 10.2. The molecular formula is C14H21N5O. The third-order valence-electron chi connectivity index (χ3n) is 4.14. The monoisotopic (exact) mass is 275 g/mol. The Morgan fingerprint density at radius 2 is 2.20 bits per heavy atom. The molecule has 0 aromatic carbocycles.